The van der Waals surface area contributed by atoms with Gasteiger partial charge in [-0.15, -0.1) is 10.2 Å². The van der Waals surface area contributed by atoms with Crippen molar-refractivity contribution < 1.29 is 14.3 Å². The molecule has 1 atom stereocenters. The van der Waals surface area contributed by atoms with Crippen molar-refractivity contribution in [3.05, 3.63) is 54.1 Å². The Balaban J connectivity index is 1.42. The van der Waals surface area contributed by atoms with E-state index in [9.17, 15) is 4.79 Å². The highest BCUT2D eigenvalue weighted by Gasteiger charge is 2.22. The molecule has 0 unspecified atom stereocenters. The number of amides is 1. The summed E-state index contributed by atoms with van der Waals surface area (Å²) in [4.78, 5) is 15.8. The normalized spacial score (nSPS) is 16.2. The second kappa shape index (κ2) is 9.59. The summed E-state index contributed by atoms with van der Waals surface area (Å²) in [6.45, 7) is 4.30. The highest BCUT2D eigenvalue weighted by molar-refractivity contribution is 5.76. The van der Waals surface area contributed by atoms with Crippen LogP contribution in [0.15, 0.2) is 48.5 Å². The van der Waals surface area contributed by atoms with Crippen LogP contribution in [0.1, 0.15) is 25.3 Å². The van der Waals surface area contributed by atoms with Crippen molar-refractivity contribution in [2.45, 2.75) is 32.9 Å². The minimum Gasteiger partial charge on any atom is -0.493 e. The molecular weight excluding hydrogens is 394 g/mol. The van der Waals surface area contributed by atoms with E-state index < -0.39 is 0 Å². The number of likely N-dealkylation sites (tertiary alicyclic amines) is 1. The first-order valence-corrected chi connectivity index (χ1v) is 10.5. The lowest BCUT2D eigenvalue weighted by Crippen LogP contribution is -2.41. The van der Waals surface area contributed by atoms with Gasteiger partial charge in [0.15, 0.2) is 11.5 Å². The number of aromatic nitrogens is 4. The number of ether oxygens (including phenoxy) is 2. The standard InChI is InChI=1S/C23H27N5O3/c1-17-7-6-12-27(14-17)22(29)15-28-25-23(24-26-28)19-10-11-20(21(13-19)30-2)31-16-18-8-4-3-5-9-18/h3-5,8-11,13,17H,6-7,12,14-16H2,1-2H3/t17-/m1/s1. The number of rotatable bonds is 7. The lowest BCUT2D eigenvalue weighted by atomic mass is 10.0. The van der Waals surface area contributed by atoms with Crippen LogP contribution in [-0.4, -0.2) is 51.2 Å². The van der Waals surface area contributed by atoms with Gasteiger partial charge in [0.25, 0.3) is 0 Å². The lowest BCUT2D eigenvalue weighted by Gasteiger charge is -2.30. The van der Waals surface area contributed by atoms with Crippen molar-refractivity contribution in [2.75, 3.05) is 20.2 Å². The van der Waals surface area contributed by atoms with Crippen LogP contribution in [0, 0.1) is 5.92 Å². The van der Waals surface area contributed by atoms with Crippen molar-refractivity contribution in [2.24, 2.45) is 5.92 Å². The van der Waals surface area contributed by atoms with Gasteiger partial charge in [-0.05, 0) is 47.7 Å². The summed E-state index contributed by atoms with van der Waals surface area (Å²) in [5.41, 5.74) is 1.82. The fourth-order valence-corrected chi connectivity index (χ4v) is 3.72. The van der Waals surface area contributed by atoms with Crippen molar-refractivity contribution in [1.82, 2.24) is 25.1 Å². The van der Waals surface area contributed by atoms with E-state index in [2.05, 4.69) is 22.3 Å². The Hall–Kier alpha value is -3.42. The number of benzene rings is 2. The first-order valence-electron chi connectivity index (χ1n) is 10.5. The molecule has 0 aliphatic carbocycles. The van der Waals surface area contributed by atoms with Crippen LogP contribution in [-0.2, 0) is 17.9 Å². The Bertz CT molecular complexity index is 1020. The molecule has 1 aromatic heterocycles. The van der Waals surface area contributed by atoms with Crippen LogP contribution >= 0.6 is 0 Å². The van der Waals surface area contributed by atoms with Gasteiger partial charge in [0.05, 0.1) is 7.11 Å². The van der Waals surface area contributed by atoms with E-state index in [1.807, 2.05) is 53.4 Å². The highest BCUT2D eigenvalue weighted by atomic mass is 16.5. The molecule has 4 rings (SSSR count). The Kier molecular flexibility index (Phi) is 6.45. The number of hydrogen-bond donors (Lipinski definition) is 0. The number of carbonyl (C=O) groups excluding carboxylic acids is 1. The first kappa shape index (κ1) is 20.8. The van der Waals surface area contributed by atoms with Gasteiger partial charge in [-0.3, -0.25) is 4.79 Å². The third-order valence-corrected chi connectivity index (χ3v) is 5.40. The molecular formula is C23H27N5O3. The molecule has 8 heteroatoms. The third kappa shape index (κ3) is 5.20. The average Bonchev–Trinajstić information content (AvgIpc) is 3.26. The average molecular weight is 422 g/mol. The zero-order valence-corrected chi connectivity index (χ0v) is 17.9. The van der Waals surface area contributed by atoms with Crippen molar-refractivity contribution in [1.29, 1.82) is 0 Å². The van der Waals surface area contributed by atoms with Crippen LogP contribution in [0.3, 0.4) is 0 Å². The van der Waals surface area contributed by atoms with Crippen LogP contribution in [0.2, 0.25) is 0 Å². The van der Waals surface area contributed by atoms with Gasteiger partial charge in [0, 0.05) is 18.7 Å². The van der Waals surface area contributed by atoms with Crippen LogP contribution in [0.25, 0.3) is 11.4 Å². The van der Waals surface area contributed by atoms with Gasteiger partial charge in [0.2, 0.25) is 11.7 Å². The maximum atomic E-state index is 12.6. The monoisotopic (exact) mass is 421 g/mol. The molecule has 0 saturated carbocycles. The second-order valence-corrected chi connectivity index (χ2v) is 7.87. The van der Waals surface area contributed by atoms with Crippen molar-refractivity contribution in [3.8, 4) is 22.9 Å². The van der Waals surface area contributed by atoms with E-state index in [-0.39, 0.29) is 12.5 Å². The van der Waals surface area contributed by atoms with Crippen LogP contribution in [0.5, 0.6) is 11.5 Å². The summed E-state index contributed by atoms with van der Waals surface area (Å²) in [5.74, 6) is 2.22. The van der Waals surface area contributed by atoms with Gasteiger partial charge in [-0.25, -0.2) is 0 Å². The molecule has 1 amide bonds. The zero-order valence-electron chi connectivity index (χ0n) is 17.9. The Morgan fingerprint density at radius 1 is 1.16 bits per heavy atom. The maximum Gasteiger partial charge on any atom is 0.246 e. The zero-order chi connectivity index (χ0) is 21.6. The van der Waals surface area contributed by atoms with Gasteiger partial charge in [-0.2, -0.15) is 4.80 Å². The highest BCUT2D eigenvalue weighted by Crippen LogP contribution is 2.31. The van der Waals surface area contributed by atoms with Crippen LogP contribution in [0.4, 0.5) is 0 Å². The molecule has 0 radical (unpaired) electrons. The summed E-state index contributed by atoms with van der Waals surface area (Å²) in [5, 5.41) is 12.6. The molecule has 8 nitrogen and oxygen atoms in total. The Labute approximate surface area is 181 Å². The van der Waals surface area contributed by atoms with E-state index in [4.69, 9.17) is 9.47 Å². The predicted molar refractivity (Wildman–Crippen MR) is 116 cm³/mol. The molecule has 1 saturated heterocycles. The molecule has 2 heterocycles. The van der Waals surface area contributed by atoms with Crippen LogP contribution < -0.4 is 9.47 Å². The summed E-state index contributed by atoms with van der Waals surface area (Å²) in [6.07, 6.45) is 2.21. The lowest BCUT2D eigenvalue weighted by molar-refractivity contribution is -0.134. The second-order valence-electron chi connectivity index (χ2n) is 7.87. The summed E-state index contributed by atoms with van der Waals surface area (Å²) < 4.78 is 11.4. The minimum atomic E-state index is 0.0257. The molecule has 1 aliphatic heterocycles. The number of tetrazole rings is 1. The van der Waals surface area contributed by atoms with Gasteiger partial charge in [0.1, 0.15) is 13.2 Å². The number of nitrogens with zero attached hydrogens (tertiary/aromatic N) is 5. The summed E-state index contributed by atoms with van der Waals surface area (Å²) in [7, 11) is 1.59. The molecule has 2 aromatic carbocycles. The van der Waals surface area contributed by atoms with Gasteiger partial charge in [-0.1, -0.05) is 37.3 Å². The van der Waals surface area contributed by atoms with E-state index in [1.165, 1.54) is 11.2 Å². The number of piperidine rings is 1. The molecule has 162 valence electrons. The minimum absolute atomic E-state index is 0.0257. The molecule has 31 heavy (non-hydrogen) atoms. The quantitative estimate of drug-likeness (QED) is 0.583. The summed E-state index contributed by atoms with van der Waals surface area (Å²) in [6, 6.07) is 15.4. The molecule has 1 fully saturated rings. The Morgan fingerprint density at radius 2 is 2.00 bits per heavy atom. The van der Waals surface area contributed by atoms with E-state index in [1.54, 1.807) is 7.11 Å². The van der Waals surface area contributed by atoms with Crippen molar-refractivity contribution in [3.63, 3.8) is 0 Å². The number of methoxy groups -OCH3 is 1. The van der Waals surface area contributed by atoms with E-state index in [0.717, 1.165) is 30.6 Å². The largest absolute Gasteiger partial charge is 0.493 e. The molecule has 0 N–H and O–H groups in total. The smallest absolute Gasteiger partial charge is 0.246 e. The SMILES string of the molecule is COc1cc(-c2nnn(CC(=O)N3CCC[C@@H](C)C3)n2)ccc1OCc1ccccc1. The molecule has 3 aromatic rings. The number of carbonyl (C=O) groups is 1. The first-order chi connectivity index (χ1) is 15.1. The number of hydrogen-bond acceptors (Lipinski definition) is 6. The molecule has 0 bridgehead atoms. The van der Waals surface area contributed by atoms with Gasteiger partial charge < -0.3 is 14.4 Å². The Morgan fingerprint density at radius 3 is 2.77 bits per heavy atom. The molecule has 0 spiro atoms. The fraction of sp³-hybridized carbons (Fsp3) is 0.391. The molecule has 1 aliphatic rings. The van der Waals surface area contributed by atoms with Crippen molar-refractivity contribution >= 4 is 5.91 Å². The van der Waals surface area contributed by atoms with E-state index >= 15 is 0 Å². The third-order valence-electron chi connectivity index (χ3n) is 5.40. The van der Waals surface area contributed by atoms with E-state index in [0.29, 0.717) is 29.8 Å². The summed E-state index contributed by atoms with van der Waals surface area (Å²) >= 11 is 0. The van der Waals surface area contributed by atoms with Gasteiger partial charge >= 0.3 is 0 Å². The fourth-order valence-electron chi connectivity index (χ4n) is 3.72. The maximum absolute atomic E-state index is 12.6. The topological polar surface area (TPSA) is 82.4 Å². The predicted octanol–water partition coefficient (Wildman–Crippen LogP) is 3.19.